The third kappa shape index (κ3) is 2.03. The minimum atomic E-state index is -2.26. The summed E-state index contributed by atoms with van der Waals surface area (Å²) in [4.78, 5) is 30.8. The Kier molecular flexibility index (Phi) is 3.64. The molecule has 1 saturated heterocycles. The molecule has 2 aromatic heterocycles. The van der Waals surface area contributed by atoms with Crippen LogP contribution in [-0.4, -0.2) is 50.6 Å². The fraction of sp³-hybridized carbons (Fsp3) is 0.182. The van der Waals surface area contributed by atoms with E-state index in [0.717, 1.165) is 4.90 Å². The lowest BCUT2D eigenvalue weighted by atomic mass is 9.84. The minimum Gasteiger partial charge on any atom is -0.506 e. The van der Waals surface area contributed by atoms with Gasteiger partial charge in [0.1, 0.15) is 17.4 Å². The van der Waals surface area contributed by atoms with Gasteiger partial charge in [0, 0.05) is 33.9 Å². The smallest absolute Gasteiger partial charge is 0.283 e. The summed E-state index contributed by atoms with van der Waals surface area (Å²) < 4.78 is 7.05. The van der Waals surface area contributed by atoms with Crippen molar-refractivity contribution >= 4 is 56.8 Å². The first-order valence-corrected chi connectivity index (χ1v) is 10.4. The van der Waals surface area contributed by atoms with E-state index in [-0.39, 0.29) is 10.8 Å². The first-order valence-electron chi connectivity index (χ1n) is 9.67. The van der Waals surface area contributed by atoms with Crippen molar-refractivity contribution < 1.29 is 24.5 Å². The van der Waals surface area contributed by atoms with Gasteiger partial charge in [0.2, 0.25) is 11.6 Å². The van der Waals surface area contributed by atoms with E-state index in [1.54, 1.807) is 18.2 Å². The quantitative estimate of drug-likeness (QED) is 0.368. The van der Waals surface area contributed by atoms with Gasteiger partial charge < -0.3 is 19.9 Å². The number of aliphatic hydroxyl groups is 1. The van der Waals surface area contributed by atoms with Crippen LogP contribution in [0.15, 0.2) is 30.3 Å². The summed E-state index contributed by atoms with van der Waals surface area (Å²) in [7, 11) is 2.79. The molecule has 2 aliphatic heterocycles. The number of amides is 2. The molecule has 1 fully saturated rings. The van der Waals surface area contributed by atoms with Crippen LogP contribution in [0.3, 0.4) is 0 Å². The van der Waals surface area contributed by atoms with Crippen LogP contribution in [0.4, 0.5) is 0 Å². The number of aromatic nitrogens is 2. The summed E-state index contributed by atoms with van der Waals surface area (Å²) >= 11 is 12.4. The molecule has 0 bridgehead atoms. The maximum Gasteiger partial charge on any atom is 0.283 e. The maximum absolute atomic E-state index is 13.3. The van der Waals surface area contributed by atoms with Crippen LogP contribution in [0.2, 0.25) is 10.0 Å². The number of carbonyl (C=O) groups excluding carboxylic acids is 2. The van der Waals surface area contributed by atoms with Crippen LogP contribution >= 0.6 is 23.2 Å². The molecular weight excluding hydrogens is 457 g/mol. The number of halogens is 2. The lowest BCUT2D eigenvalue weighted by molar-refractivity contribution is -0.152. The highest BCUT2D eigenvalue weighted by molar-refractivity contribution is 6.33. The highest BCUT2D eigenvalue weighted by atomic mass is 35.5. The monoisotopic (exact) mass is 471 g/mol. The maximum atomic E-state index is 13.3. The number of likely N-dealkylation sites (tertiary alicyclic amines) is 1. The van der Waals surface area contributed by atoms with Crippen molar-refractivity contribution in [1.29, 1.82) is 0 Å². The van der Waals surface area contributed by atoms with E-state index in [4.69, 9.17) is 27.9 Å². The van der Waals surface area contributed by atoms with Crippen LogP contribution in [0.1, 0.15) is 11.5 Å². The molecule has 10 heteroatoms. The number of likely N-dealkylation sites (N-methyl/N-ethyl adjacent to an activating group) is 1. The van der Waals surface area contributed by atoms with Gasteiger partial charge in [-0.3, -0.25) is 19.1 Å². The van der Waals surface area contributed by atoms with Crippen molar-refractivity contribution in [3.8, 4) is 22.9 Å². The Balaban J connectivity index is 1.89. The number of phenolic OH excluding ortho intramolecular Hbond substituents is 1. The number of hydrogen-bond acceptors (Lipinski definition) is 5. The van der Waals surface area contributed by atoms with Crippen LogP contribution in [0.25, 0.3) is 33.2 Å². The van der Waals surface area contributed by atoms with Gasteiger partial charge >= 0.3 is 0 Å². The Morgan fingerprint density at radius 1 is 1.16 bits per heavy atom. The van der Waals surface area contributed by atoms with Crippen LogP contribution in [-0.2, 0) is 15.3 Å². The lowest BCUT2D eigenvalue weighted by Gasteiger charge is -2.34. The average Bonchev–Trinajstić information content (AvgIpc) is 3.33. The Hall–Kier alpha value is -3.20. The molecular formula is C22H15Cl2N3O5. The van der Waals surface area contributed by atoms with Crippen molar-refractivity contribution in [2.24, 2.45) is 0 Å². The fourth-order valence-electron chi connectivity index (χ4n) is 5.11. The topological polar surface area (TPSA) is 108 Å². The van der Waals surface area contributed by atoms with Crippen LogP contribution < -0.4 is 4.74 Å². The number of H-pyrrole nitrogens is 1. The number of ether oxygens (including phenoxy) is 1. The van der Waals surface area contributed by atoms with E-state index in [1.807, 2.05) is 0 Å². The van der Waals surface area contributed by atoms with Crippen molar-refractivity contribution in [2.75, 3.05) is 14.2 Å². The predicted octanol–water partition coefficient (Wildman–Crippen LogP) is 3.55. The van der Waals surface area contributed by atoms with E-state index in [1.165, 1.54) is 30.9 Å². The number of fused-ring (bicyclic) bond motifs is 10. The zero-order valence-electron chi connectivity index (χ0n) is 16.7. The number of benzene rings is 2. The summed E-state index contributed by atoms with van der Waals surface area (Å²) in [6.07, 6.45) is 0. The predicted molar refractivity (Wildman–Crippen MR) is 118 cm³/mol. The summed E-state index contributed by atoms with van der Waals surface area (Å²) in [6, 6.07) is 8.01. The van der Waals surface area contributed by atoms with Gasteiger partial charge in [0.05, 0.1) is 23.3 Å². The van der Waals surface area contributed by atoms with E-state index in [2.05, 4.69) is 4.98 Å². The number of hydrogen-bond donors (Lipinski definition) is 3. The first-order chi connectivity index (χ1) is 15.2. The third-order valence-electron chi connectivity index (χ3n) is 6.46. The molecule has 4 heterocycles. The van der Waals surface area contributed by atoms with E-state index in [9.17, 15) is 19.8 Å². The molecule has 0 spiro atoms. The van der Waals surface area contributed by atoms with Crippen molar-refractivity contribution in [3.05, 3.63) is 45.9 Å². The molecule has 4 aromatic rings. The number of aromatic hydroxyl groups is 1. The van der Waals surface area contributed by atoms with Crippen LogP contribution in [0.5, 0.6) is 11.5 Å². The molecule has 1 unspecified atom stereocenters. The zero-order valence-corrected chi connectivity index (χ0v) is 18.2. The molecule has 0 radical (unpaired) electrons. The summed E-state index contributed by atoms with van der Waals surface area (Å²) in [6.45, 7) is 0. The highest BCUT2D eigenvalue weighted by Crippen LogP contribution is 2.57. The van der Waals surface area contributed by atoms with Gasteiger partial charge in [-0.1, -0.05) is 23.2 Å². The molecule has 0 saturated carbocycles. The molecule has 2 amide bonds. The summed E-state index contributed by atoms with van der Waals surface area (Å²) in [5.74, 6) is -2.41. The largest absolute Gasteiger partial charge is 0.506 e. The number of nitrogens with zero attached hydrogens (tertiary/aromatic N) is 2. The first kappa shape index (κ1) is 19.5. The van der Waals surface area contributed by atoms with Gasteiger partial charge in [-0.05, 0) is 30.3 Å². The fourth-order valence-corrected chi connectivity index (χ4v) is 5.44. The molecule has 8 nitrogen and oxygen atoms in total. The number of nitrogens with one attached hydrogen (secondary N) is 1. The standard InChI is InChI=1S/C22H15Cl2N3O5/c1-26-20(29)16-15-9-5-8(23)3-4-12(9)25-17(15)18-19(32-2)10-6-14(28)11(24)7-13(10)27(18)22(16,31)21(26)30/h3-7,16,25,28,31H,1-2H3/t16?,22-/m1/s1. The SMILES string of the molecule is COc1c2n(c3cc(Cl)c(O)cc13)[C@]1(O)C(=O)N(C)C(=O)C1c1c-2[nH]c2ccc(Cl)cc12. The number of phenols is 1. The molecule has 3 N–H and O–H groups in total. The summed E-state index contributed by atoms with van der Waals surface area (Å²) in [5, 5.41) is 23.7. The van der Waals surface area contributed by atoms with E-state index in [0.29, 0.717) is 49.5 Å². The Morgan fingerprint density at radius 3 is 2.62 bits per heavy atom. The molecule has 6 rings (SSSR count). The Bertz CT molecular complexity index is 1540. The zero-order chi connectivity index (χ0) is 22.7. The number of rotatable bonds is 1. The number of carbonyl (C=O) groups is 2. The molecule has 2 aromatic carbocycles. The van der Waals surface area contributed by atoms with Crippen molar-refractivity contribution in [3.63, 3.8) is 0 Å². The Morgan fingerprint density at radius 2 is 1.91 bits per heavy atom. The van der Waals surface area contributed by atoms with Gasteiger partial charge in [0.25, 0.3) is 5.91 Å². The number of aromatic amines is 1. The normalized spacial score (nSPS) is 21.9. The van der Waals surface area contributed by atoms with E-state index >= 15 is 0 Å². The van der Waals surface area contributed by atoms with Crippen molar-refractivity contribution in [1.82, 2.24) is 14.5 Å². The minimum absolute atomic E-state index is 0.0277. The second-order valence-corrected chi connectivity index (χ2v) is 8.85. The molecule has 162 valence electrons. The highest BCUT2D eigenvalue weighted by Gasteiger charge is 2.64. The summed E-state index contributed by atoms with van der Waals surface area (Å²) in [5.41, 5.74) is 0.0838. The van der Waals surface area contributed by atoms with Gasteiger partial charge in [-0.2, -0.15) is 0 Å². The van der Waals surface area contributed by atoms with Crippen LogP contribution in [0, 0.1) is 0 Å². The second-order valence-electron chi connectivity index (χ2n) is 8.00. The molecule has 0 aliphatic carbocycles. The number of methoxy groups -OCH3 is 1. The van der Waals surface area contributed by atoms with Gasteiger partial charge in [-0.15, -0.1) is 0 Å². The van der Waals surface area contributed by atoms with Crippen molar-refractivity contribution in [2.45, 2.75) is 11.6 Å². The molecule has 32 heavy (non-hydrogen) atoms. The number of imide groups is 1. The van der Waals surface area contributed by atoms with Gasteiger partial charge in [-0.25, -0.2) is 0 Å². The second kappa shape index (κ2) is 5.98. The molecule has 2 aliphatic rings. The van der Waals surface area contributed by atoms with Gasteiger partial charge in [0.15, 0.2) is 5.75 Å². The average molecular weight is 472 g/mol. The van der Waals surface area contributed by atoms with E-state index < -0.39 is 23.5 Å². The Labute approximate surface area is 190 Å². The molecule has 2 atom stereocenters. The lowest BCUT2D eigenvalue weighted by Crippen LogP contribution is -2.46. The third-order valence-corrected chi connectivity index (χ3v) is 7.00.